The van der Waals surface area contributed by atoms with Gasteiger partial charge in [0.2, 0.25) is 11.8 Å². The molecule has 8 heteroatoms. The van der Waals surface area contributed by atoms with Crippen LogP contribution in [0, 0.1) is 23.5 Å². The molecule has 0 heterocycles. The van der Waals surface area contributed by atoms with Gasteiger partial charge in [-0.05, 0) is 36.3 Å². The predicted molar refractivity (Wildman–Crippen MR) is 89.2 cm³/mol. The zero-order chi connectivity index (χ0) is 19.4. The summed E-state index contributed by atoms with van der Waals surface area (Å²) in [7, 11) is 0. The lowest BCUT2D eigenvalue weighted by Crippen LogP contribution is -2.46. The molecule has 0 saturated heterocycles. The van der Waals surface area contributed by atoms with Gasteiger partial charge in [-0.15, -0.1) is 0 Å². The van der Waals surface area contributed by atoms with Crippen LogP contribution in [0.25, 0.3) is 0 Å². The number of carboxylic acids is 1. The third kappa shape index (κ3) is 5.24. The van der Waals surface area contributed by atoms with Crippen LogP contribution in [-0.2, 0) is 14.4 Å². The van der Waals surface area contributed by atoms with Gasteiger partial charge >= 0.3 is 5.97 Å². The minimum Gasteiger partial charge on any atom is -0.480 e. The van der Waals surface area contributed by atoms with Crippen molar-refractivity contribution in [3.8, 4) is 0 Å². The van der Waals surface area contributed by atoms with Crippen LogP contribution in [0.3, 0.4) is 0 Å². The second-order valence-corrected chi connectivity index (χ2v) is 6.92. The summed E-state index contributed by atoms with van der Waals surface area (Å²) in [6.07, 6.45) is 0.699. The molecular formula is C18H22F2N2O4. The molecule has 1 aromatic rings. The highest BCUT2D eigenvalue weighted by Crippen LogP contribution is 2.48. The number of rotatable bonds is 8. The molecule has 1 aliphatic rings. The van der Waals surface area contributed by atoms with Gasteiger partial charge < -0.3 is 15.7 Å². The van der Waals surface area contributed by atoms with Crippen LogP contribution in [0.2, 0.25) is 0 Å². The van der Waals surface area contributed by atoms with Gasteiger partial charge in [-0.1, -0.05) is 19.9 Å². The molecule has 1 saturated carbocycles. The number of hydrogen-bond donors (Lipinski definition) is 3. The normalized spacial score (nSPS) is 19.7. The molecule has 6 nitrogen and oxygen atoms in total. The maximum absolute atomic E-state index is 13.7. The number of amides is 2. The zero-order valence-electron chi connectivity index (χ0n) is 14.6. The summed E-state index contributed by atoms with van der Waals surface area (Å²) >= 11 is 0. The van der Waals surface area contributed by atoms with Crippen LogP contribution in [0.4, 0.5) is 8.78 Å². The first-order valence-electron chi connectivity index (χ1n) is 8.43. The van der Waals surface area contributed by atoms with E-state index in [2.05, 4.69) is 10.6 Å². The fourth-order valence-electron chi connectivity index (χ4n) is 2.87. The van der Waals surface area contributed by atoms with E-state index in [0.29, 0.717) is 6.42 Å². The molecule has 26 heavy (non-hydrogen) atoms. The highest BCUT2D eigenvalue weighted by molar-refractivity contribution is 5.89. The quantitative estimate of drug-likeness (QED) is 0.652. The molecule has 0 bridgehead atoms. The summed E-state index contributed by atoms with van der Waals surface area (Å²) in [6, 6.07) is 2.22. The molecule has 0 radical (unpaired) electrons. The van der Waals surface area contributed by atoms with Crippen molar-refractivity contribution in [3.63, 3.8) is 0 Å². The average molecular weight is 368 g/mol. The first-order chi connectivity index (χ1) is 12.2. The van der Waals surface area contributed by atoms with E-state index in [-0.39, 0.29) is 30.4 Å². The lowest BCUT2D eigenvalue weighted by atomic mass is 10.0. The monoisotopic (exact) mass is 368 g/mol. The van der Waals surface area contributed by atoms with Gasteiger partial charge in [0, 0.05) is 12.0 Å². The van der Waals surface area contributed by atoms with E-state index in [1.165, 1.54) is 6.07 Å². The number of carboxylic acid groups (broad SMARTS) is 1. The van der Waals surface area contributed by atoms with Crippen LogP contribution < -0.4 is 10.6 Å². The summed E-state index contributed by atoms with van der Waals surface area (Å²) in [5, 5.41) is 13.9. The van der Waals surface area contributed by atoms with E-state index in [4.69, 9.17) is 5.11 Å². The van der Waals surface area contributed by atoms with Crippen molar-refractivity contribution < 1.29 is 28.3 Å². The summed E-state index contributed by atoms with van der Waals surface area (Å²) in [5.74, 6) is -4.25. The zero-order valence-corrected chi connectivity index (χ0v) is 14.6. The Labute approximate surface area is 150 Å². The third-order valence-electron chi connectivity index (χ3n) is 4.25. The molecule has 1 aliphatic carbocycles. The molecule has 3 atom stereocenters. The van der Waals surface area contributed by atoms with Crippen LogP contribution in [0.15, 0.2) is 18.2 Å². The summed E-state index contributed by atoms with van der Waals surface area (Å²) in [4.78, 5) is 35.0. The van der Waals surface area contributed by atoms with Gasteiger partial charge in [0.05, 0.1) is 6.54 Å². The molecule has 1 fully saturated rings. The molecule has 0 aliphatic heterocycles. The fraction of sp³-hybridized carbons (Fsp3) is 0.500. The highest BCUT2D eigenvalue weighted by Gasteiger charge is 2.45. The number of carbonyl (C=O) groups excluding carboxylic acids is 2. The third-order valence-corrected chi connectivity index (χ3v) is 4.25. The molecule has 2 unspecified atom stereocenters. The number of hydrogen-bond acceptors (Lipinski definition) is 3. The van der Waals surface area contributed by atoms with E-state index >= 15 is 0 Å². The lowest BCUT2D eigenvalue weighted by molar-refractivity contribution is -0.142. The van der Waals surface area contributed by atoms with Gasteiger partial charge in [0.1, 0.15) is 17.7 Å². The fourth-order valence-corrected chi connectivity index (χ4v) is 2.87. The van der Waals surface area contributed by atoms with Gasteiger partial charge in [-0.3, -0.25) is 9.59 Å². The van der Waals surface area contributed by atoms with Gasteiger partial charge in [-0.2, -0.15) is 0 Å². The second kappa shape index (κ2) is 8.25. The summed E-state index contributed by atoms with van der Waals surface area (Å²) in [6.45, 7) is 3.33. The number of benzene rings is 1. The van der Waals surface area contributed by atoms with Gasteiger partial charge in [-0.25, -0.2) is 13.6 Å². The van der Waals surface area contributed by atoms with Crippen molar-refractivity contribution >= 4 is 17.8 Å². The molecular weight excluding hydrogens is 346 g/mol. The van der Waals surface area contributed by atoms with E-state index < -0.39 is 41.4 Å². The molecule has 2 amide bonds. The van der Waals surface area contributed by atoms with Crippen molar-refractivity contribution in [3.05, 3.63) is 35.4 Å². The van der Waals surface area contributed by atoms with Crippen molar-refractivity contribution in [1.82, 2.24) is 10.6 Å². The van der Waals surface area contributed by atoms with E-state index in [1.807, 2.05) is 13.8 Å². The first kappa shape index (κ1) is 19.8. The van der Waals surface area contributed by atoms with Crippen LogP contribution in [0.1, 0.15) is 38.2 Å². The van der Waals surface area contributed by atoms with Crippen LogP contribution in [-0.4, -0.2) is 35.5 Å². The minimum absolute atomic E-state index is 0.0869. The standard InChI is InChI=1S/C18H22F2N2O4/c1-9(2)5-15(18(25)26)22-16(23)8-21-17(24)13-7-12(13)11-4-3-10(19)6-14(11)20/h3-4,6,9,12-13,15H,5,7-8H2,1-2H3,(H,21,24)(H,22,23)(H,25,26)/t12?,13?,15-/m0/s1. The summed E-state index contributed by atoms with van der Waals surface area (Å²) < 4.78 is 26.7. The first-order valence-corrected chi connectivity index (χ1v) is 8.43. The molecule has 0 aromatic heterocycles. The number of carbonyl (C=O) groups is 3. The Bertz CT molecular complexity index is 708. The van der Waals surface area contributed by atoms with Crippen molar-refractivity contribution in [2.45, 2.75) is 38.6 Å². The predicted octanol–water partition coefficient (Wildman–Crippen LogP) is 1.80. The summed E-state index contributed by atoms with van der Waals surface area (Å²) in [5.41, 5.74) is 0.277. The number of halogens is 2. The molecule has 1 aromatic carbocycles. The van der Waals surface area contributed by atoms with Crippen molar-refractivity contribution in [1.29, 1.82) is 0 Å². The Morgan fingerprint density at radius 3 is 2.54 bits per heavy atom. The molecule has 3 N–H and O–H groups in total. The van der Waals surface area contributed by atoms with E-state index in [0.717, 1.165) is 12.1 Å². The maximum Gasteiger partial charge on any atom is 0.326 e. The van der Waals surface area contributed by atoms with Gasteiger partial charge in [0.25, 0.3) is 0 Å². The second-order valence-electron chi connectivity index (χ2n) is 6.92. The Kier molecular flexibility index (Phi) is 6.28. The van der Waals surface area contributed by atoms with Crippen LogP contribution in [0.5, 0.6) is 0 Å². The largest absolute Gasteiger partial charge is 0.480 e. The molecule has 0 spiro atoms. The van der Waals surface area contributed by atoms with Crippen LogP contribution >= 0.6 is 0 Å². The van der Waals surface area contributed by atoms with E-state index in [1.54, 1.807) is 0 Å². The van der Waals surface area contributed by atoms with Gasteiger partial charge in [0.15, 0.2) is 0 Å². The molecule has 2 rings (SSSR count). The average Bonchev–Trinajstić information content (AvgIpc) is 3.31. The Balaban J connectivity index is 1.82. The Hall–Kier alpha value is -2.51. The smallest absolute Gasteiger partial charge is 0.326 e. The Morgan fingerprint density at radius 2 is 1.96 bits per heavy atom. The maximum atomic E-state index is 13.7. The van der Waals surface area contributed by atoms with Crippen molar-refractivity contribution in [2.75, 3.05) is 6.54 Å². The van der Waals surface area contributed by atoms with E-state index in [9.17, 15) is 23.2 Å². The highest BCUT2D eigenvalue weighted by atomic mass is 19.1. The van der Waals surface area contributed by atoms with Crippen molar-refractivity contribution in [2.24, 2.45) is 11.8 Å². The SMILES string of the molecule is CC(C)C[C@H](NC(=O)CNC(=O)C1CC1c1ccc(F)cc1F)C(=O)O. The number of aliphatic carboxylic acids is 1. The lowest BCUT2D eigenvalue weighted by Gasteiger charge is -2.16. The number of nitrogens with one attached hydrogen (secondary N) is 2. The molecule has 142 valence electrons. The Morgan fingerprint density at radius 1 is 1.27 bits per heavy atom. The topological polar surface area (TPSA) is 95.5 Å². The minimum atomic E-state index is -1.13.